The van der Waals surface area contributed by atoms with Crippen LogP contribution in [0.3, 0.4) is 0 Å². The second-order valence-electron chi connectivity index (χ2n) is 3.17. The number of thiophene rings is 1. The number of sulfonamides is 1. The van der Waals surface area contributed by atoms with Crippen molar-refractivity contribution in [1.29, 1.82) is 0 Å². The molecular weight excluding hydrogens is 329 g/mol. The molecule has 2 aromatic rings. The fourth-order valence-corrected chi connectivity index (χ4v) is 4.61. The van der Waals surface area contributed by atoms with Crippen LogP contribution in [0.4, 0.5) is 10.1 Å². The number of hydrogen-bond donors (Lipinski definition) is 1. The minimum Gasteiger partial charge on any atom is -0.279 e. The third-order valence-electron chi connectivity index (χ3n) is 1.91. The highest BCUT2D eigenvalue weighted by atomic mass is 79.9. The number of benzene rings is 1. The summed E-state index contributed by atoms with van der Waals surface area (Å²) in [6, 6.07) is 6.95. The van der Waals surface area contributed by atoms with Crippen molar-refractivity contribution in [2.45, 2.75) is 4.21 Å². The van der Waals surface area contributed by atoms with E-state index in [0.717, 1.165) is 17.4 Å². The highest BCUT2D eigenvalue weighted by Crippen LogP contribution is 2.29. The number of nitrogens with one attached hydrogen (secondary N) is 1. The molecule has 17 heavy (non-hydrogen) atoms. The Labute approximate surface area is 110 Å². The maximum absolute atomic E-state index is 12.9. The molecule has 3 nitrogen and oxygen atoms in total. The fourth-order valence-electron chi connectivity index (χ4n) is 1.23. The normalized spacial score (nSPS) is 11.4. The SMILES string of the molecule is O=S(=O)(Nc1cccc(F)c1)c1sccc1Br. The van der Waals surface area contributed by atoms with Crippen LogP contribution in [0.15, 0.2) is 44.4 Å². The van der Waals surface area contributed by atoms with Crippen LogP contribution < -0.4 is 4.72 Å². The van der Waals surface area contributed by atoms with E-state index >= 15 is 0 Å². The van der Waals surface area contributed by atoms with Gasteiger partial charge in [0, 0.05) is 4.47 Å². The Morgan fingerprint density at radius 3 is 2.65 bits per heavy atom. The monoisotopic (exact) mass is 335 g/mol. The molecule has 1 aromatic heterocycles. The molecule has 0 saturated heterocycles. The molecule has 0 fully saturated rings. The Kier molecular flexibility index (Phi) is 3.50. The lowest BCUT2D eigenvalue weighted by Gasteiger charge is -2.06. The summed E-state index contributed by atoms with van der Waals surface area (Å²) in [5.74, 6) is -0.490. The van der Waals surface area contributed by atoms with E-state index in [4.69, 9.17) is 0 Å². The standard InChI is InChI=1S/C10H7BrFNO2S2/c11-9-4-5-16-10(9)17(14,15)13-8-3-1-2-7(12)6-8/h1-6,13H. The summed E-state index contributed by atoms with van der Waals surface area (Å²) in [6.45, 7) is 0. The molecule has 0 bridgehead atoms. The topological polar surface area (TPSA) is 46.2 Å². The van der Waals surface area contributed by atoms with E-state index in [1.807, 2.05) is 0 Å². The predicted molar refractivity (Wildman–Crippen MR) is 69.2 cm³/mol. The van der Waals surface area contributed by atoms with Crippen molar-refractivity contribution in [2.24, 2.45) is 0 Å². The predicted octanol–water partition coefficient (Wildman–Crippen LogP) is 3.45. The van der Waals surface area contributed by atoms with Gasteiger partial charge in [-0.05, 0) is 45.6 Å². The molecule has 0 unspecified atom stereocenters. The van der Waals surface area contributed by atoms with E-state index < -0.39 is 15.8 Å². The van der Waals surface area contributed by atoms with Gasteiger partial charge in [-0.3, -0.25) is 4.72 Å². The highest BCUT2D eigenvalue weighted by Gasteiger charge is 2.19. The van der Waals surface area contributed by atoms with Gasteiger partial charge in [-0.2, -0.15) is 0 Å². The molecule has 0 amide bonds. The van der Waals surface area contributed by atoms with Gasteiger partial charge in [0.2, 0.25) is 0 Å². The minimum absolute atomic E-state index is 0.168. The van der Waals surface area contributed by atoms with Crippen LogP contribution in [-0.2, 0) is 10.0 Å². The molecule has 2 rings (SSSR count). The Morgan fingerprint density at radius 2 is 2.06 bits per heavy atom. The van der Waals surface area contributed by atoms with Crippen molar-refractivity contribution in [3.05, 3.63) is 46.0 Å². The van der Waals surface area contributed by atoms with Crippen LogP contribution in [-0.4, -0.2) is 8.42 Å². The van der Waals surface area contributed by atoms with Gasteiger partial charge < -0.3 is 0 Å². The van der Waals surface area contributed by atoms with Crippen molar-refractivity contribution in [3.8, 4) is 0 Å². The molecule has 90 valence electrons. The lowest BCUT2D eigenvalue weighted by Crippen LogP contribution is -2.11. The Morgan fingerprint density at radius 1 is 1.29 bits per heavy atom. The molecular formula is C10H7BrFNO2S2. The van der Waals surface area contributed by atoms with Crippen molar-refractivity contribution in [3.63, 3.8) is 0 Å². The van der Waals surface area contributed by atoms with E-state index in [2.05, 4.69) is 20.7 Å². The number of halogens is 2. The summed E-state index contributed by atoms with van der Waals surface area (Å²) in [5, 5.41) is 1.66. The summed E-state index contributed by atoms with van der Waals surface area (Å²) in [7, 11) is -3.66. The summed E-state index contributed by atoms with van der Waals surface area (Å²) in [6.07, 6.45) is 0. The van der Waals surface area contributed by atoms with E-state index in [0.29, 0.717) is 4.47 Å². The second kappa shape index (κ2) is 4.75. The Balaban J connectivity index is 2.33. The molecule has 0 aliphatic rings. The third-order valence-corrected chi connectivity index (χ3v) is 5.96. The minimum atomic E-state index is -3.66. The second-order valence-corrected chi connectivity index (χ2v) is 6.82. The average molecular weight is 336 g/mol. The van der Waals surface area contributed by atoms with E-state index in [-0.39, 0.29) is 9.90 Å². The summed E-state index contributed by atoms with van der Waals surface area (Å²) in [5.41, 5.74) is 0.199. The first-order chi connectivity index (χ1) is 7.99. The first kappa shape index (κ1) is 12.5. The molecule has 1 N–H and O–H groups in total. The van der Waals surface area contributed by atoms with Crippen LogP contribution in [0.1, 0.15) is 0 Å². The summed E-state index contributed by atoms with van der Waals surface area (Å²) >= 11 is 4.24. The van der Waals surface area contributed by atoms with Crippen LogP contribution in [0, 0.1) is 5.82 Å². The zero-order chi connectivity index (χ0) is 12.5. The van der Waals surface area contributed by atoms with E-state index in [9.17, 15) is 12.8 Å². The largest absolute Gasteiger partial charge is 0.279 e. The van der Waals surface area contributed by atoms with Gasteiger partial charge in [0.1, 0.15) is 5.82 Å². The lowest BCUT2D eigenvalue weighted by atomic mass is 10.3. The first-order valence-electron chi connectivity index (χ1n) is 4.50. The van der Waals surface area contributed by atoms with Gasteiger partial charge in [-0.15, -0.1) is 11.3 Å². The van der Waals surface area contributed by atoms with Crippen molar-refractivity contribution in [2.75, 3.05) is 4.72 Å². The molecule has 0 aliphatic heterocycles. The lowest BCUT2D eigenvalue weighted by molar-refractivity contribution is 0.602. The van der Waals surface area contributed by atoms with Crippen LogP contribution in [0.5, 0.6) is 0 Å². The molecule has 0 radical (unpaired) electrons. The van der Waals surface area contributed by atoms with Crippen molar-refractivity contribution < 1.29 is 12.8 Å². The fraction of sp³-hybridized carbons (Fsp3) is 0. The van der Waals surface area contributed by atoms with Gasteiger partial charge in [0.05, 0.1) is 5.69 Å². The third kappa shape index (κ3) is 2.85. The van der Waals surface area contributed by atoms with Gasteiger partial charge in [-0.25, -0.2) is 12.8 Å². The highest BCUT2D eigenvalue weighted by molar-refractivity contribution is 9.10. The van der Waals surface area contributed by atoms with Crippen LogP contribution in [0.2, 0.25) is 0 Å². The van der Waals surface area contributed by atoms with E-state index in [1.165, 1.54) is 18.2 Å². The van der Waals surface area contributed by atoms with Crippen LogP contribution in [0.25, 0.3) is 0 Å². The zero-order valence-corrected chi connectivity index (χ0v) is 11.6. The maximum Gasteiger partial charge on any atom is 0.272 e. The van der Waals surface area contributed by atoms with Gasteiger partial charge in [0.15, 0.2) is 4.21 Å². The number of rotatable bonds is 3. The molecule has 1 aromatic carbocycles. The maximum atomic E-state index is 12.9. The summed E-state index contributed by atoms with van der Waals surface area (Å²) in [4.78, 5) is 0. The zero-order valence-electron chi connectivity index (χ0n) is 8.35. The van der Waals surface area contributed by atoms with E-state index in [1.54, 1.807) is 11.4 Å². The van der Waals surface area contributed by atoms with Gasteiger partial charge >= 0.3 is 0 Å². The molecule has 0 aliphatic carbocycles. The van der Waals surface area contributed by atoms with Crippen molar-refractivity contribution in [1.82, 2.24) is 0 Å². The number of hydrogen-bond acceptors (Lipinski definition) is 3. The van der Waals surface area contributed by atoms with Gasteiger partial charge in [-0.1, -0.05) is 6.07 Å². The molecule has 0 atom stereocenters. The van der Waals surface area contributed by atoms with Crippen LogP contribution >= 0.6 is 27.3 Å². The molecule has 7 heteroatoms. The molecule has 0 spiro atoms. The average Bonchev–Trinajstić information content (AvgIpc) is 2.64. The molecule has 1 heterocycles. The summed E-state index contributed by atoms with van der Waals surface area (Å²) < 4.78 is 39.8. The molecule has 0 saturated carbocycles. The Hall–Kier alpha value is -0.920. The van der Waals surface area contributed by atoms with Gasteiger partial charge in [0.25, 0.3) is 10.0 Å². The quantitative estimate of drug-likeness (QED) is 0.933. The first-order valence-corrected chi connectivity index (χ1v) is 7.66. The smallest absolute Gasteiger partial charge is 0.272 e. The van der Waals surface area contributed by atoms with Crippen molar-refractivity contribution >= 4 is 43.0 Å². The number of anilines is 1. The Bertz CT molecular complexity index is 639.